The lowest BCUT2D eigenvalue weighted by atomic mass is 10.1. The van der Waals surface area contributed by atoms with Crippen LogP contribution in [0.1, 0.15) is 16.5 Å². The molecule has 0 saturated carbocycles. The Bertz CT molecular complexity index is 1080. The van der Waals surface area contributed by atoms with Crippen molar-refractivity contribution in [3.05, 3.63) is 88.4 Å². The van der Waals surface area contributed by atoms with Crippen molar-refractivity contribution < 1.29 is 9.18 Å². The highest BCUT2D eigenvalue weighted by molar-refractivity contribution is 7.99. The van der Waals surface area contributed by atoms with E-state index in [1.54, 1.807) is 29.5 Å². The molecule has 0 bridgehead atoms. The summed E-state index contributed by atoms with van der Waals surface area (Å²) in [5, 5.41) is 12.3. The molecule has 0 aliphatic rings. The molecule has 5 nitrogen and oxygen atoms in total. The van der Waals surface area contributed by atoms with Crippen LogP contribution in [0.15, 0.2) is 77.3 Å². The number of H-pyrrole nitrogens is 1. The first-order valence-electron chi connectivity index (χ1n) is 8.88. The van der Waals surface area contributed by atoms with Crippen LogP contribution in [-0.4, -0.2) is 26.8 Å². The van der Waals surface area contributed by atoms with E-state index in [0.29, 0.717) is 16.5 Å². The maximum atomic E-state index is 13.9. The Labute approximate surface area is 175 Å². The average molecular weight is 425 g/mol. The Morgan fingerprint density at radius 3 is 2.66 bits per heavy atom. The molecule has 29 heavy (non-hydrogen) atoms. The monoisotopic (exact) mass is 424 g/mol. The molecule has 0 fully saturated rings. The number of thiophene rings is 1. The summed E-state index contributed by atoms with van der Waals surface area (Å²) in [4.78, 5) is 17.9. The number of carbonyl (C=O) groups excluding carboxylic acids is 1. The largest absolute Gasteiger partial charge is 0.344 e. The fourth-order valence-electron chi connectivity index (χ4n) is 2.84. The standard InChI is InChI=1S/C21H17FN4OS2/c22-16-10-5-4-9-15(16)20-24-21(26-25-20)29-13-18(27)23-19(17-11-6-12-28-17)14-7-2-1-3-8-14/h1-12,19H,13H2,(H,23,27)(H,24,25,26)/t19-/m0/s1. The molecule has 146 valence electrons. The number of hydrogen-bond acceptors (Lipinski definition) is 5. The van der Waals surface area contributed by atoms with E-state index in [1.165, 1.54) is 17.8 Å². The van der Waals surface area contributed by atoms with Gasteiger partial charge in [0.25, 0.3) is 0 Å². The van der Waals surface area contributed by atoms with Crippen LogP contribution < -0.4 is 5.32 Å². The van der Waals surface area contributed by atoms with E-state index in [9.17, 15) is 9.18 Å². The van der Waals surface area contributed by atoms with Crippen LogP contribution in [0.2, 0.25) is 0 Å². The second-order valence-electron chi connectivity index (χ2n) is 6.16. The van der Waals surface area contributed by atoms with Crippen LogP contribution in [0, 0.1) is 5.82 Å². The molecule has 2 heterocycles. The number of rotatable bonds is 7. The van der Waals surface area contributed by atoms with Gasteiger partial charge in [0, 0.05) is 4.88 Å². The van der Waals surface area contributed by atoms with Gasteiger partial charge in [0.2, 0.25) is 11.1 Å². The van der Waals surface area contributed by atoms with E-state index < -0.39 is 0 Å². The summed E-state index contributed by atoms with van der Waals surface area (Å²) in [5.74, 6) is -0.00986. The molecular formula is C21H17FN4OS2. The normalized spacial score (nSPS) is 11.9. The minimum absolute atomic E-state index is 0.130. The van der Waals surface area contributed by atoms with Gasteiger partial charge in [-0.3, -0.25) is 9.89 Å². The number of thioether (sulfide) groups is 1. The van der Waals surface area contributed by atoms with Crippen molar-refractivity contribution >= 4 is 29.0 Å². The highest BCUT2D eigenvalue weighted by Crippen LogP contribution is 2.26. The maximum Gasteiger partial charge on any atom is 0.231 e. The Hall–Kier alpha value is -2.97. The lowest BCUT2D eigenvalue weighted by molar-refractivity contribution is -0.119. The second kappa shape index (κ2) is 9.02. The number of aromatic amines is 1. The summed E-state index contributed by atoms with van der Waals surface area (Å²) in [7, 11) is 0. The van der Waals surface area contributed by atoms with E-state index in [2.05, 4.69) is 20.5 Å². The Kier molecular flexibility index (Phi) is 6.02. The fraction of sp³-hybridized carbons (Fsp3) is 0.0952. The van der Waals surface area contributed by atoms with E-state index in [4.69, 9.17) is 0 Å². The molecule has 0 aliphatic carbocycles. The van der Waals surface area contributed by atoms with Crippen molar-refractivity contribution in [3.8, 4) is 11.4 Å². The molecule has 8 heteroatoms. The van der Waals surface area contributed by atoms with Crippen LogP contribution in [0.25, 0.3) is 11.4 Å². The molecular weight excluding hydrogens is 407 g/mol. The summed E-state index contributed by atoms with van der Waals surface area (Å²) < 4.78 is 13.9. The lowest BCUT2D eigenvalue weighted by Gasteiger charge is -2.17. The van der Waals surface area contributed by atoms with Crippen LogP contribution in [0.3, 0.4) is 0 Å². The second-order valence-corrected chi connectivity index (χ2v) is 8.08. The molecule has 0 unspecified atom stereocenters. The zero-order valence-corrected chi connectivity index (χ0v) is 16.8. The minimum atomic E-state index is -0.375. The maximum absolute atomic E-state index is 13.9. The van der Waals surface area contributed by atoms with Gasteiger partial charge in [-0.05, 0) is 29.1 Å². The Morgan fingerprint density at radius 2 is 1.90 bits per heavy atom. The predicted molar refractivity (Wildman–Crippen MR) is 113 cm³/mol. The number of halogens is 1. The first kappa shape index (κ1) is 19.4. The van der Waals surface area contributed by atoms with Crippen molar-refractivity contribution in [2.45, 2.75) is 11.2 Å². The number of nitrogens with one attached hydrogen (secondary N) is 2. The van der Waals surface area contributed by atoms with Gasteiger partial charge in [-0.15, -0.1) is 16.4 Å². The number of hydrogen-bond donors (Lipinski definition) is 2. The zero-order chi connectivity index (χ0) is 20.1. The highest BCUT2D eigenvalue weighted by atomic mass is 32.2. The van der Waals surface area contributed by atoms with E-state index in [1.807, 2.05) is 47.8 Å². The first-order valence-corrected chi connectivity index (χ1v) is 10.7. The predicted octanol–water partition coefficient (Wildman–Crippen LogP) is 4.67. The van der Waals surface area contributed by atoms with E-state index in [0.717, 1.165) is 10.4 Å². The van der Waals surface area contributed by atoms with Gasteiger partial charge < -0.3 is 5.32 Å². The zero-order valence-electron chi connectivity index (χ0n) is 15.2. The van der Waals surface area contributed by atoms with Crippen molar-refractivity contribution in [1.82, 2.24) is 20.5 Å². The quantitative estimate of drug-likeness (QED) is 0.423. The van der Waals surface area contributed by atoms with Gasteiger partial charge in [-0.1, -0.05) is 60.3 Å². The molecule has 2 aromatic heterocycles. The van der Waals surface area contributed by atoms with E-state index in [-0.39, 0.29) is 23.5 Å². The minimum Gasteiger partial charge on any atom is -0.344 e. The van der Waals surface area contributed by atoms with Gasteiger partial charge >= 0.3 is 0 Å². The number of carbonyl (C=O) groups is 1. The van der Waals surface area contributed by atoms with Gasteiger partial charge in [0.15, 0.2) is 5.82 Å². The third kappa shape index (κ3) is 4.72. The number of amides is 1. The Balaban J connectivity index is 1.41. The molecule has 0 spiro atoms. The van der Waals surface area contributed by atoms with Crippen LogP contribution >= 0.6 is 23.1 Å². The number of aromatic nitrogens is 3. The molecule has 0 saturated heterocycles. The van der Waals surface area contributed by atoms with Crippen LogP contribution in [0.4, 0.5) is 4.39 Å². The number of nitrogens with zero attached hydrogens (tertiary/aromatic N) is 2. The van der Waals surface area contributed by atoms with Gasteiger partial charge in [-0.2, -0.15) is 0 Å². The van der Waals surface area contributed by atoms with Gasteiger partial charge in [0.05, 0.1) is 17.4 Å². The summed E-state index contributed by atoms with van der Waals surface area (Å²) >= 11 is 2.80. The molecule has 4 rings (SSSR count). The highest BCUT2D eigenvalue weighted by Gasteiger charge is 2.18. The fourth-order valence-corrected chi connectivity index (χ4v) is 4.25. The molecule has 2 aromatic carbocycles. The van der Waals surface area contributed by atoms with E-state index >= 15 is 0 Å². The van der Waals surface area contributed by atoms with Crippen molar-refractivity contribution in [3.63, 3.8) is 0 Å². The lowest BCUT2D eigenvalue weighted by Crippen LogP contribution is -2.30. The summed E-state index contributed by atoms with van der Waals surface area (Å²) in [6.45, 7) is 0. The SMILES string of the molecule is O=C(CSc1n[nH]c(-c2ccccc2F)n1)N[C@@H](c1ccccc1)c1cccs1. The Morgan fingerprint density at radius 1 is 1.10 bits per heavy atom. The summed E-state index contributed by atoms with van der Waals surface area (Å²) in [6, 6.07) is 20.0. The summed E-state index contributed by atoms with van der Waals surface area (Å²) in [5.41, 5.74) is 1.37. The third-order valence-electron chi connectivity index (χ3n) is 4.19. The van der Waals surface area contributed by atoms with Crippen molar-refractivity contribution in [1.29, 1.82) is 0 Å². The average Bonchev–Trinajstić information content (AvgIpc) is 3.44. The van der Waals surface area contributed by atoms with Crippen LogP contribution in [-0.2, 0) is 4.79 Å². The van der Waals surface area contributed by atoms with Crippen molar-refractivity contribution in [2.75, 3.05) is 5.75 Å². The third-order valence-corrected chi connectivity index (χ3v) is 5.98. The van der Waals surface area contributed by atoms with Gasteiger partial charge in [0.1, 0.15) is 5.82 Å². The first-order chi connectivity index (χ1) is 14.2. The molecule has 1 atom stereocenters. The molecule has 2 N–H and O–H groups in total. The molecule has 0 radical (unpaired) electrons. The van der Waals surface area contributed by atoms with Crippen LogP contribution in [0.5, 0.6) is 0 Å². The van der Waals surface area contributed by atoms with Crippen molar-refractivity contribution in [2.24, 2.45) is 0 Å². The summed E-state index contributed by atoms with van der Waals surface area (Å²) in [6.07, 6.45) is 0. The number of benzene rings is 2. The topological polar surface area (TPSA) is 70.7 Å². The molecule has 4 aromatic rings. The molecule has 0 aliphatic heterocycles. The molecule has 1 amide bonds. The van der Waals surface area contributed by atoms with Gasteiger partial charge in [-0.25, -0.2) is 9.37 Å². The smallest absolute Gasteiger partial charge is 0.231 e.